The number of aryl methyl sites for hydroxylation is 2. The molecule has 0 unspecified atom stereocenters. The van der Waals surface area contributed by atoms with Crippen LogP contribution in [-0.4, -0.2) is 0 Å². The summed E-state index contributed by atoms with van der Waals surface area (Å²) in [4.78, 5) is 0. The smallest absolute Gasteiger partial charge is 0.169 e. The molecule has 1 heterocycles. The highest BCUT2D eigenvalue weighted by molar-refractivity contribution is 5.06. The molecule has 0 radical (unpaired) electrons. The summed E-state index contributed by atoms with van der Waals surface area (Å²) in [5.74, 6) is 0. The van der Waals surface area contributed by atoms with Gasteiger partial charge in [-0.15, -0.1) is 0 Å². The van der Waals surface area contributed by atoms with Gasteiger partial charge in [0, 0.05) is 18.6 Å². The maximum atomic E-state index is 2.29. The SMILES string of the molecule is CCCCC[n+]1ccc(CCC)cc1.[F-]. The van der Waals surface area contributed by atoms with Crippen LogP contribution in [0.2, 0.25) is 0 Å². The van der Waals surface area contributed by atoms with Crippen LogP contribution < -0.4 is 9.27 Å². The Labute approximate surface area is 92.5 Å². The van der Waals surface area contributed by atoms with Crippen LogP contribution in [0.3, 0.4) is 0 Å². The summed E-state index contributed by atoms with van der Waals surface area (Å²) >= 11 is 0. The van der Waals surface area contributed by atoms with Gasteiger partial charge in [0.05, 0.1) is 0 Å². The molecule has 1 nitrogen and oxygen atoms in total. The third-order valence-corrected chi connectivity index (χ3v) is 2.52. The zero-order valence-corrected chi connectivity index (χ0v) is 9.88. The van der Waals surface area contributed by atoms with Crippen LogP contribution in [0.1, 0.15) is 45.1 Å². The first-order valence-electron chi connectivity index (χ1n) is 5.84. The van der Waals surface area contributed by atoms with Gasteiger partial charge in [-0.25, -0.2) is 4.57 Å². The number of rotatable bonds is 6. The van der Waals surface area contributed by atoms with E-state index in [0.29, 0.717) is 0 Å². The highest BCUT2D eigenvalue weighted by Gasteiger charge is 1.99. The lowest BCUT2D eigenvalue weighted by molar-refractivity contribution is -0.697. The van der Waals surface area contributed by atoms with Gasteiger partial charge in [0.1, 0.15) is 6.54 Å². The van der Waals surface area contributed by atoms with E-state index in [0.717, 1.165) is 0 Å². The lowest BCUT2D eigenvalue weighted by Gasteiger charge is -1.98. The van der Waals surface area contributed by atoms with Gasteiger partial charge >= 0.3 is 0 Å². The monoisotopic (exact) mass is 211 g/mol. The molecular formula is C13H22FN. The first-order valence-corrected chi connectivity index (χ1v) is 5.84. The Balaban J connectivity index is 0.00000196. The molecule has 0 fully saturated rings. The number of hydrogen-bond donors (Lipinski definition) is 0. The molecule has 0 spiro atoms. The van der Waals surface area contributed by atoms with Crippen LogP contribution in [-0.2, 0) is 13.0 Å². The van der Waals surface area contributed by atoms with Crippen LogP contribution in [0.25, 0.3) is 0 Å². The molecule has 0 saturated heterocycles. The Hall–Kier alpha value is -0.920. The third kappa shape index (κ3) is 5.50. The average Bonchev–Trinajstić information content (AvgIpc) is 2.21. The predicted octanol–water partition coefficient (Wildman–Crippen LogP) is 0.121. The Morgan fingerprint density at radius 3 is 2.20 bits per heavy atom. The largest absolute Gasteiger partial charge is 1.00 e. The van der Waals surface area contributed by atoms with Gasteiger partial charge in [-0.1, -0.05) is 26.7 Å². The fourth-order valence-corrected chi connectivity index (χ4v) is 1.64. The maximum absolute atomic E-state index is 2.29. The number of unbranched alkanes of at least 4 members (excludes halogenated alkanes) is 2. The van der Waals surface area contributed by atoms with Crippen molar-refractivity contribution < 1.29 is 9.27 Å². The number of nitrogens with zero attached hydrogens (tertiary/aromatic N) is 1. The van der Waals surface area contributed by atoms with E-state index in [1.165, 1.54) is 44.2 Å². The molecule has 0 amide bonds. The van der Waals surface area contributed by atoms with Crippen LogP contribution >= 0.6 is 0 Å². The summed E-state index contributed by atoms with van der Waals surface area (Å²) < 4.78 is 2.29. The molecule has 0 aromatic carbocycles. The molecule has 86 valence electrons. The summed E-state index contributed by atoms with van der Waals surface area (Å²) in [6, 6.07) is 4.49. The van der Waals surface area contributed by atoms with Gasteiger partial charge in [0.25, 0.3) is 0 Å². The van der Waals surface area contributed by atoms with Crippen molar-refractivity contribution in [1.82, 2.24) is 0 Å². The first-order chi connectivity index (χ1) is 6.86. The summed E-state index contributed by atoms with van der Waals surface area (Å²) in [7, 11) is 0. The molecular weight excluding hydrogens is 189 g/mol. The van der Waals surface area contributed by atoms with Crippen LogP contribution in [0.15, 0.2) is 24.5 Å². The molecule has 2 heteroatoms. The second-order valence-electron chi connectivity index (χ2n) is 3.90. The molecule has 0 aliphatic heterocycles. The van der Waals surface area contributed by atoms with E-state index in [9.17, 15) is 0 Å². The molecule has 0 saturated carbocycles. The standard InChI is InChI=1S/C13H22N.FH/c1-3-5-6-10-14-11-8-13(7-4-2)9-12-14;/h8-9,11-12H,3-7,10H2,1-2H3;1H/q+1;/p-1. The minimum Gasteiger partial charge on any atom is -1.00 e. The molecule has 1 aromatic heterocycles. The summed E-state index contributed by atoms with van der Waals surface area (Å²) in [5, 5.41) is 0. The molecule has 1 rings (SSSR count). The Morgan fingerprint density at radius 1 is 1.00 bits per heavy atom. The number of aromatic nitrogens is 1. The van der Waals surface area contributed by atoms with E-state index in [1.807, 2.05) is 0 Å². The Bertz CT molecular complexity index is 243. The number of hydrogen-bond acceptors (Lipinski definition) is 0. The van der Waals surface area contributed by atoms with Crippen LogP contribution in [0.5, 0.6) is 0 Å². The van der Waals surface area contributed by atoms with E-state index in [1.54, 1.807) is 0 Å². The van der Waals surface area contributed by atoms with Crippen molar-refractivity contribution in [3.8, 4) is 0 Å². The molecule has 0 atom stereocenters. The molecule has 0 aliphatic carbocycles. The minimum absolute atomic E-state index is 0. The zero-order valence-electron chi connectivity index (χ0n) is 9.88. The van der Waals surface area contributed by atoms with E-state index in [-0.39, 0.29) is 4.70 Å². The van der Waals surface area contributed by atoms with E-state index < -0.39 is 0 Å². The molecule has 0 bridgehead atoms. The Morgan fingerprint density at radius 2 is 1.67 bits per heavy atom. The van der Waals surface area contributed by atoms with Gasteiger partial charge in [-0.2, -0.15) is 0 Å². The van der Waals surface area contributed by atoms with Crippen molar-refractivity contribution in [2.24, 2.45) is 0 Å². The van der Waals surface area contributed by atoms with Crippen molar-refractivity contribution >= 4 is 0 Å². The third-order valence-electron chi connectivity index (χ3n) is 2.52. The summed E-state index contributed by atoms with van der Waals surface area (Å²) in [6.07, 6.45) is 10.8. The average molecular weight is 211 g/mol. The van der Waals surface area contributed by atoms with Gasteiger partial charge in [-0.3, -0.25) is 0 Å². The Kier molecular flexibility index (Phi) is 7.88. The molecule has 0 N–H and O–H groups in total. The lowest BCUT2D eigenvalue weighted by atomic mass is 10.1. The molecule has 15 heavy (non-hydrogen) atoms. The van der Waals surface area contributed by atoms with Crippen LogP contribution in [0, 0.1) is 0 Å². The van der Waals surface area contributed by atoms with Gasteiger partial charge in [-0.05, 0) is 18.4 Å². The molecule has 1 aromatic rings. The second-order valence-corrected chi connectivity index (χ2v) is 3.90. The fourth-order valence-electron chi connectivity index (χ4n) is 1.64. The van der Waals surface area contributed by atoms with Crippen molar-refractivity contribution in [2.75, 3.05) is 0 Å². The number of pyridine rings is 1. The van der Waals surface area contributed by atoms with E-state index >= 15 is 0 Å². The van der Waals surface area contributed by atoms with Crippen LogP contribution in [0.4, 0.5) is 0 Å². The van der Waals surface area contributed by atoms with Gasteiger partial charge in [0.15, 0.2) is 12.4 Å². The quantitative estimate of drug-likeness (QED) is 0.465. The number of halogens is 1. The van der Waals surface area contributed by atoms with Crippen molar-refractivity contribution in [3.63, 3.8) is 0 Å². The summed E-state index contributed by atoms with van der Waals surface area (Å²) in [5.41, 5.74) is 1.46. The first kappa shape index (κ1) is 14.1. The topological polar surface area (TPSA) is 3.88 Å². The van der Waals surface area contributed by atoms with E-state index in [2.05, 4.69) is 42.9 Å². The molecule has 0 aliphatic rings. The highest BCUT2D eigenvalue weighted by atomic mass is 19.0. The normalized spacial score (nSPS) is 9.73. The zero-order chi connectivity index (χ0) is 10.2. The highest BCUT2D eigenvalue weighted by Crippen LogP contribution is 1.99. The summed E-state index contributed by atoms with van der Waals surface area (Å²) in [6.45, 7) is 5.64. The second kappa shape index (κ2) is 8.39. The van der Waals surface area contributed by atoms with Crippen molar-refractivity contribution in [1.29, 1.82) is 0 Å². The minimum atomic E-state index is 0. The van der Waals surface area contributed by atoms with Crippen molar-refractivity contribution in [3.05, 3.63) is 30.1 Å². The predicted molar refractivity (Wildman–Crippen MR) is 60.2 cm³/mol. The van der Waals surface area contributed by atoms with Gasteiger partial charge < -0.3 is 4.70 Å². The fraction of sp³-hybridized carbons (Fsp3) is 0.615. The van der Waals surface area contributed by atoms with Gasteiger partial charge in [0.2, 0.25) is 0 Å². The van der Waals surface area contributed by atoms with Crippen molar-refractivity contribution in [2.45, 2.75) is 52.5 Å². The van der Waals surface area contributed by atoms with E-state index in [4.69, 9.17) is 0 Å². The maximum Gasteiger partial charge on any atom is 0.169 e. The lowest BCUT2D eigenvalue weighted by Crippen LogP contribution is -3.00.